The van der Waals surface area contributed by atoms with Crippen LogP contribution in [0.1, 0.15) is 30.1 Å². The van der Waals surface area contributed by atoms with Crippen LogP contribution in [0.15, 0.2) is 41.3 Å². The van der Waals surface area contributed by atoms with E-state index in [0.717, 1.165) is 13.2 Å². The fourth-order valence-corrected chi connectivity index (χ4v) is 5.00. The van der Waals surface area contributed by atoms with Crippen LogP contribution in [0.25, 0.3) is 0 Å². The van der Waals surface area contributed by atoms with E-state index in [2.05, 4.69) is 10.1 Å². The zero-order chi connectivity index (χ0) is 24.2. The summed E-state index contributed by atoms with van der Waals surface area (Å²) in [6.45, 7) is 2.50. The summed E-state index contributed by atoms with van der Waals surface area (Å²) < 4.78 is 64.7. The minimum atomic E-state index is -3.74. The van der Waals surface area contributed by atoms with Crippen molar-refractivity contribution in [3.8, 4) is 5.75 Å². The van der Waals surface area contributed by atoms with Gasteiger partial charge >= 0.3 is 5.97 Å². The molecule has 0 radical (unpaired) electrons. The standard InChI is InChI=1S/C22H24F2N2O6S/c1-3-32-15-4-6-16(7-5-15)33(29,30)26-10-8-14(9-11-26)21(27)25-20-12-17(22(28)31-2)18(23)13-19(20)24/h4-7,12-14H,3,8-11H2,1-2H3,(H,25,27). The third kappa shape index (κ3) is 5.48. The van der Waals surface area contributed by atoms with Crippen molar-refractivity contribution in [2.45, 2.75) is 24.7 Å². The molecule has 11 heteroatoms. The van der Waals surface area contributed by atoms with Crippen LogP contribution in [-0.4, -0.2) is 51.4 Å². The number of nitrogens with zero attached hydrogens (tertiary/aromatic N) is 1. The number of piperidine rings is 1. The zero-order valence-electron chi connectivity index (χ0n) is 18.1. The molecule has 0 saturated carbocycles. The van der Waals surface area contributed by atoms with Crippen molar-refractivity contribution < 1.29 is 36.3 Å². The van der Waals surface area contributed by atoms with Crippen LogP contribution < -0.4 is 10.1 Å². The lowest BCUT2D eigenvalue weighted by molar-refractivity contribution is -0.120. The molecule has 1 heterocycles. The van der Waals surface area contributed by atoms with Gasteiger partial charge in [-0.3, -0.25) is 4.79 Å². The van der Waals surface area contributed by atoms with Crippen LogP contribution >= 0.6 is 0 Å². The number of ether oxygens (including phenoxy) is 2. The lowest BCUT2D eigenvalue weighted by Gasteiger charge is -2.30. The normalized spacial score (nSPS) is 15.2. The van der Waals surface area contributed by atoms with Crippen molar-refractivity contribution in [1.29, 1.82) is 0 Å². The Morgan fingerprint density at radius 2 is 1.73 bits per heavy atom. The van der Waals surface area contributed by atoms with Crippen molar-refractivity contribution in [3.05, 3.63) is 53.6 Å². The molecule has 33 heavy (non-hydrogen) atoms. The van der Waals surface area contributed by atoms with Crippen LogP contribution in [0.3, 0.4) is 0 Å². The molecule has 0 unspecified atom stereocenters. The van der Waals surface area contributed by atoms with Gasteiger partial charge in [0.25, 0.3) is 0 Å². The van der Waals surface area contributed by atoms with Gasteiger partial charge in [-0.2, -0.15) is 4.31 Å². The van der Waals surface area contributed by atoms with Gasteiger partial charge in [0, 0.05) is 25.1 Å². The van der Waals surface area contributed by atoms with E-state index in [1.54, 1.807) is 12.1 Å². The fraction of sp³-hybridized carbons (Fsp3) is 0.364. The van der Waals surface area contributed by atoms with Gasteiger partial charge in [-0.1, -0.05) is 0 Å². The summed E-state index contributed by atoms with van der Waals surface area (Å²) in [7, 11) is -2.68. The van der Waals surface area contributed by atoms with E-state index in [1.807, 2.05) is 6.92 Å². The molecule has 3 rings (SSSR count). The van der Waals surface area contributed by atoms with E-state index in [-0.39, 0.29) is 36.5 Å². The molecule has 178 valence electrons. The average Bonchev–Trinajstić information content (AvgIpc) is 2.81. The smallest absolute Gasteiger partial charge is 0.340 e. The highest BCUT2D eigenvalue weighted by atomic mass is 32.2. The van der Waals surface area contributed by atoms with Gasteiger partial charge in [0.05, 0.1) is 29.9 Å². The number of carbonyl (C=O) groups is 2. The molecule has 0 bridgehead atoms. The fourth-order valence-electron chi connectivity index (χ4n) is 3.53. The molecule has 1 saturated heterocycles. The zero-order valence-corrected chi connectivity index (χ0v) is 19.0. The van der Waals surface area contributed by atoms with Crippen molar-refractivity contribution in [2.75, 3.05) is 32.1 Å². The van der Waals surface area contributed by atoms with Crippen LogP contribution in [0.2, 0.25) is 0 Å². The minimum absolute atomic E-state index is 0.104. The summed E-state index contributed by atoms with van der Waals surface area (Å²) in [4.78, 5) is 24.4. The Morgan fingerprint density at radius 3 is 2.30 bits per heavy atom. The molecule has 0 aliphatic carbocycles. The molecule has 0 atom stereocenters. The molecular formula is C22H24F2N2O6S. The van der Waals surface area contributed by atoms with Crippen LogP contribution in [0.5, 0.6) is 5.75 Å². The van der Waals surface area contributed by atoms with E-state index < -0.39 is 45.0 Å². The third-order valence-corrected chi connectivity index (χ3v) is 7.23. The summed E-state index contributed by atoms with van der Waals surface area (Å²) in [5.41, 5.74) is -0.864. The number of carbonyl (C=O) groups excluding carboxylic acids is 2. The topological polar surface area (TPSA) is 102 Å². The number of rotatable bonds is 7. The highest BCUT2D eigenvalue weighted by Crippen LogP contribution is 2.27. The van der Waals surface area contributed by atoms with E-state index in [4.69, 9.17) is 4.74 Å². The molecule has 1 aliphatic rings. The van der Waals surface area contributed by atoms with E-state index in [1.165, 1.54) is 16.4 Å². The Morgan fingerprint density at radius 1 is 1.09 bits per heavy atom. The molecule has 1 amide bonds. The SMILES string of the molecule is CCOc1ccc(S(=O)(=O)N2CCC(C(=O)Nc3cc(C(=O)OC)c(F)cc3F)CC2)cc1. The number of amides is 1. The maximum atomic E-state index is 14.1. The molecule has 1 aliphatic heterocycles. The quantitative estimate of drug-likeness (QED) is 0.609. The van der Waals surface area contributed by atoms with Crippen LogP contribution in [-0.2, 0) is 19.6 Å². The van der Waals surface area contributed by atoms with Crippen LogP contribution in [0.4, 0.5) is 14.5 Å². The maximum absolute atomic E-state index is 14.1. The number of sulfonamides is 1. The Labute approximate surface area is 190 Å². The van der Waals surface area contributed by atoms with Crippen molar-refractivity contribution in [1.82, 2.24) is 4.31 Å². The number of benzene rings is 2. The Hall–Kier alpha value is -3.05. The highest BCUT2D eigenvalue weighted by molar-refractivity contribution is 7.89. The van der Waals surface area contributed by atoms with Gasteiger partial charge in [0.1, 0.15) is 17.4 Å². The largest absolute Gasteiger partial charge is 0.494 e. The first-order valence-electron chi connectivity index (χ1n) is 10.3. The number of hydrogen-bond acceptors (Lipinski definition) is 6. The first-order chi connectivity index (χ1) is 15.7. The molecule has 2 aromatic rings. The van der Waals surface area contributed by atoms with Gasteiger partial charge in [-0.25, -0.2) is 22.0 Å². The monoisotopic (exact) mass is 482 g/mol. The predicted molar refractivity (Wildman–Crippen MR) is 115 cm³/mol. The van der Waals surface area contributed by atoms with Gasteiger partial charge in [0.2, 0.25) is 15.9 Å². The molecule has 1 N–H and O–H groups in total. The van der Waals surface area contributed by atoms with Gasteiger partial charge in [-0.05, 0) is 50.1 Å². The number of methoxy groups -OCH3 is 1. The summed E-state index contributed by atoms with van der Waals surface area (Å²) in [5, 5.41) is 2.36. The number of halogens is 2. The predicted octanol–water partition coefficient (Wildman–Crippen LogP) is 3.19. The molecular weight excluding hydrogens is 458 g/mol. The summed E-state index contributed by atoms with van der Waals surface area (Å²) in [5.74, 6) is -3.71. The lowest BCUT2D eigenvalue weighted by atomic mass is 9.97. The van der Waals surface area contributed by atoms with Gasteiger partial charge in [-0.15, -0.1) is 0 Å². The van der Waals surface area contributed by atoms with Gasteiger partial charge in [0.15, 0.2) is 0 Å². The summed E-state index contributed by atoms with van der Waals surface area (Å²) in [6, 6.07) is 7.46. The summed E-state index contributed by atoms with van der Waals surface area (Å²) >= 11 is 0. The minimum Gasteiger partial charge on any atom is -0.494 e. The number of hydrogen-bond donors (Lipinski definition) is 1. The summed E-state index contributed by atoms with van der Waals surface area (Å²) in [6.07, 6.45) is 0.434. The van der Waals surface area contributed by atoms with Gasteiger partial charge < -0.3 is 14.8 Å². The second-order valence-electron chi connectivity index (χ2n) is 7.38. The van der Waals surface area contributed by atoms with Crippen molar-refractivity contribution in [3.63, 3.8) is 0 Å². The molecule has 2 aromatic carbocycles. The highest BCUT2D eigenvalue weighted by Gasteiger charge is 2.32. The molecule has 1 fully saturated rings. The molecule has 0 spiro atoms. The first kappa shape index (κ1) is 24.6. The Balaban J connectivity index is 1.65. The average molecular weight is 483 g/mol. The van der Waals surface area contributed by atoms with Crippen LogP contribution in [0, 0.1) is 17.6 Å². The molecule has 8 nitrogen and oxygen atoms in total. The first-order valence-corrected chi connectivity index (χ1v) is 11.7. The van der Waals surface area contributed by atoms with E-state index in [0.29, 0.717) is 18.4 Å². The molecule has 0 aromatic heterocycles. The van der Waals surface area contributed by atoms with Crippen molar-refractivity contribution >= 4 is 27.6 Å². The van der Waals surface area contributed by atoms with E-state index >= 15 is 0 Å². The third-order valence-electron chi connectivity index (χ3n) is 5.32. The second kappa shape index (κ2) is 10.3. The maximum Gasteiger partial charge on any atom is 0.340 e. The Kier molecular flexibility index (Phi) is 7.65. The number of nitrogens with one attached hydrogen (secondary N) is 1. The number of anilines is 1. The van der Waals surface area contributed by atoms with Crippen molar-refractivity contribution in [2.24, 2.45) is 5.92 Å². The van der Waals surface area contributed by atoms with E-state index in [9.17, 15) is 26.8 Å². The Bertz CT molecular complexity index is 1130. The number of esters is 1. The lowest BCUT2D eigenvalue weighted by Crippen LogP contribution is -2.41. The second-order valence-corrected chi connectivity index (χ2v) is 9.31.